The molecule has 0 spiro atoms. The van der Waals surface area contributed by atoms with Crippen molar-refractivity contribution in [3.05, 3.63) is 47.8 Å². The summed E-state index contributed by atoms with van der Waals surface area (Å²) in [6.45, 7) is 7.35. The van der Waals surface area contributed by atoms with Crippen molar-refractivity contribution < 1.29 is 4.79 Å². The predicted molar refractivity (Wildman–Crippen MR) is 93.7 cm³/mol. The SMILES string of the molecule is CC(C)(C)c1cn2c(n1)CCC(NC(=O)CCc1ccccn1)C2. The molecule has 1 aliphatic rings. The van der Waals surface area contributed by atoms with Crippen molar-refractivity contribution in [2.75, 3.05) is 0 Å². The van der Waals surface area contributed by atoms with Gasteiger partial charge in [-0.05, 0) is 25.0 Å². The number of pyridine rings is 1. The Bertz CT molecular complexity index is 700. The highest BCUT2D eigenvalue weighted by atomic mass is 16.1. The van der Waals surface area contributed by atoms with E-state index in [0.717, 1.165) is 36.6 Å². The highest BCUT2D eigenvalue weighted by Gasteiger charge is 2.25. The molecule has 5 heteroatoms. The fourth-order valence-corrected chi connectivity index (χ4v) is 3.01. The Morgan fingerprint density at radius 2 is 2.21 bits per heavy atom. The van der Waals surface area contributed by atoms with Crippen molar-refractivity contribution in [3.63, 3.8) is 0 Å². The average molecular weight is 326 g/mol. The van der Waals surface area contributed by atoms with E-state index in [-0.39, 0.29) is 17.4 Å². The molecule has 0 aromatic carbocycles. The van der Waals surface area contributed by atoms with Crippen molar-refractivity contribution >= 4 is 5.91 Å². The number of nitrogens with one attached hydrogen (secondary N) is 1. The zero-order valence-corrected chi connectivity index (χ0v) is 14.7. The van der Waals surface area contributed by atoms with Crippen molar-refractivity contribution in [1.29, 1.82) is 0 Å². The molecule has 1 N–H and O–H groups in total. The van der Waals surface area contributed by atoms with Gasteiger partial charge in [0, 0.05) is 48.9 Å². The minimum Gasteiger partial charge on any atom is -0.352 e. The molecule has 0 aliphatic carbocycles. The number of fused-ring (bicyclic) bond motifs is 1. The van der Waals surface area contributed by atoms with Gasteiger partial charge in [0.1, 0.15) is 5.82 Å². The number of carbonyl (C=O) groups excluding carboxylic acids is 1. The Morgan fingerprint density at radius 1 is 1.38 bits per heavy atom. The Hall–Kier alpha value is -2.17. The Balaban J connectivity index is 1.54. The Morgan fingerprint density at radius 3 is 2.92 bits per heavy atom. The number of hydrogen-bond donors (Lipinski definition) is 1. The summed E-state index contributed by atoms with van der Waals surface area (Å²) in [5, 5.41) is 3.16. The van der Waals surface area contributed by atoms with Crippen LogP contribution in [0.15, 0.2) is 30.6 Å². The molecule has 0 saturated heterocycles. The summed E-state index contributed by atoms with van der Waals surface area (Å²) in [4.78, 5) is 21.2. The van der Waals surface area contributed by atoms with Crippen LogP contribution in [0.4, 0.5) is 0 Å². The largest absolute Gasteiger partial charge is 0.352 e. The van der Waals surface area contributed by atoms with Crippen LogP contribution in [0.3, 0.4) is 0 Å². The summed E-state index contributed by atoms with van der Waals surface area (Å²) >= 11 is 0. The second kappa shape index (κ2) is 6.75. The summed E-state index contributed by atoms with van der Waals surface area (Å²) in [5.74, 6) is 1.24. The maximum Gasteiger partial charge on any atom is 0.220 e. The van der Waals surface area contributed by atoms with E-state index in [2.05, 4.69) is 41.8 Å². The van der Waals surface area contributed by atoms with E-state index in [1.54, 1.807) is 6.20 Å². The van der Waals surface area contributed by atoms with Crippen LogP contribution in [0.1, 0.15) is 50.8 Å². The number of imidazole rings is 1. The first-order valence-corrected chi connectivity index (χ1v) is 8.67. The van der Waals surface area contributed by atoms with Crippen LogP contribution in [0.2, 0.25) is 0 Å². The van der Waals surface area contributed by atoms with E-state index in [1.807, 2.05) is 18.2 Å². The minimum atomic E-state index is 0.0613. The van der Waals surface area contributed by atoms with Gasteiger partial charge >= 0.3 is 0 Å². The molecule has 3 rings (SSSR count). The fraction of sp³-hybridized carbons (Fsp3) is 0.526. The van der Waals surface area contributed by atoms with Crippen LogP contribution in [0.25, 0.3) is 0 Å². The normalized spacial score (nSPS) is 17.4. The molecule has 1 amide bonds. The molecular weight excluding hydrogens is 300 g/mol. The molecule has 0 saturated carbocycles. The van der Waals surface area contributed by atoms with Crippen molar-refractivity contribution in [3.8, 4) is 0 Å². The summed E-state index contributed by atoms with van der Waals surface area (Å²) in [6, 6.07) is 5.99. The molecule has 3 heterocycles. The van der Waals surface area contributed by atoms with E-state index < -0.39 is 0 Å². The summed E-state index contributed by atoms with van der Waals surface area (Å²) in [5.41, 5.74) is 2.15. The molecule has 2 aromatic rings. The zero-order valence-electron chi connectivity index (χ0n) is 14.7. The number of aryl methyl sites for hydroxylation is 2. The summed E-state index contributed by atoms with van der Waals surface area (Å²) in [6.07, 6.45) is 6.95. The molecule has 0 radical (unpaired) electrons. The van der Waals surface area contributed by atoms with Crippen molar-refractivity contribution in [2.45, 2.75) is 64.5 Å². The van der Waals surface area contributed by atoms with E-state index in [9.17, 15) is 4.79 Å². The van der Waals surface area contributed by atoms with Crippen molar-refractivity contribution in [1.82, 2.24) is 19.9 Å². The lowest BCUT2D eigenvalue weighted by Gasteiger charge is -2.24. The molecule has 0 fully saturated rings. The number of hydrogen-bond acceptors (Lipinski definition) is 3. The second-order valence-electron chi connectivity index (χ2n) is 7.57. The van der Waals surface area contributed by atoms with Gasteiger partial charge in [-0.1, -0.05) is 26.8 Å². The van der Waals surface area contributed by atoms with Crippen LogP contribution in [0, 0.1) is 0 Å². The number of aromatic nitrogens is 3. The van der Waals surface area contributed by atoms with E-state index in [4.69, 9.17) is 4.98 Å². The van der Waals surface area contributed by atoms with Gasteiger partial charge in [-0.2, -0.15) is 0 Å². The molecule has 1 aliphatic heterocycles. The van der Waals surface area contributed by atoms with Gasteiger partial charge < -0.3 is 9.88 Å². The predicted octanol–water partition coefficient (Wildman–Crippen LogP) is 2.64. The first kappa shape index (κ1) is 16.7. The average Bonchev–Trinajstić information content (AvgIpc) is 2.97. The van der Waals surface area contributed by atoms with Gasteiger partial charge in [-0.15, -0.1) is 0 Å². The highest BCUT2D eigenvalue weighted by Crippen LogP contribution is 2.24. The number of amides is 1. The van der Waals surface area contributed by atoms with Crippen LogP contribution in [0.5, 0.6) is 0 Å². The number of nitrogens with zero attached hydrogens (tertiary/aromatic N) is 3. The van der Waals surface area contributed by atoms with Crippen LogP contribution < -0.4 is 5.32 Å². The van der Waals surface area contributed by atoms with Crippen LogP contribution >= 0.6 is 0 Å². The molecule has 24 heavy (non-hydrogen) atoms. The third-order valence-corrected chi connectivity index (χ3v) is 4.46. The maximum absolute atomic E-state index is 12.2. The summed E-state index contributed by atoms with van der Waals surface area (Å²) < 4.78 is 2.20. The monoisotopic (exact) mass is 326 g/mol. The van der Waals surface area contributed by atoms with Crippen LogP contribution in [-0.2, 0) is 29.6 Å². The second-order valence-corrected chi connectivity index (χ2v) is 7.57. The Kier molecular flexibility index (Phi) is 4.69. The van der Waals surface area contributed by atoms with Gasteiger partial charge in [-0.3, -0.25) is 9.78 Å². The van der Waals surface area contributed by atoms with Gasteiger partial charge in [0.2, 0.25) is 5.91 Å². The Labute approximate surface area is 143 Å². The lowest BCUT2D eigenvalue weighted by molar-refractivity contribution is -0.122. The smallest absolute Gasteiger partial charge is 0.220 e. The van der Waals surface area contributed by atoms with Gasteiger partial charge in [0.25, 0.3) is 0 Å². The van der Waals surface area contributed by atoms with Crippen molar-refractivity contribution in [2.24, 2.45) is 0 Å². The molecule has 128 valence electrons. The minimum absolute atomic E-state index is 0.0613. The van der Waals surface area contributed by atoms with E-state index in [1.165, 1.54) is 0 Å². The molecule has 1 atom stereocenters. The molecular formula is C19H26N4O. The molecule has 0 bridgehead atoms. The maximum atomic E-state index is 12.2. The third-order valence-electron chi connectivity index (χ3n) is 4.46. The molecule has 5 nitrogen and oxygen atoms in total. The summed E-state index contributed by atoms with van der Waals surface area (Å²) in [7, 11) is 0. The lowest BCUT2D eigenvalue weighted by atomic mass is 9.93. The van der Waals surface area contributed by atoms with Gasteiger partial charge in [-0.25, -0.2) is 4.98 Å². The lowest BCUT2D eigenvalue weighted by Crippen LogP contribution is -2.41. The first-order chi connectivity index (χ1) is 11.4. The molecule has 1 unspecified atom stereocenters. The van der Waals surface area contributed by atoms with Gasteiger partial charge in [0.05, 0.1) is 5.69 Å². The number of rotatable bonds is 4. The van der Waals surface area contributed by atoms with E-state index >= 15 is 0 Å². The van der Waals surface area contributed by atoms with Gasteiger partial charge in [0.15, 0.2) is 0 Å². The van der Waals surface area contributed by atoms with Crippen LogP contribution in [-0.4, -0.2) is 26.5 Å². The quantitative estimate of drug-likeness (QED) is 0.939. The standard InChI is InChI=1S/C19H26N4O/c1-19(2,3)16-13-23-12-15(7-9-17(23)22-16)21-18(24)10-8-14-6-4-5-11-20-14/h4-6,11,13,15H,7-10,12H2,1-3H3,(H,21,24). The third kappa shape index (κ3) is 4.02. The zero-order chi connectivity index (χ0) is 17.2. The molecule has 2 aromatic heterocycles. The first-order valence-electron chi connectivity index (χ1n) is 8.67. The highest BCUT2D eigenvalue weighted by molar-refractivity contribution is 5.76. The topological polar surface area (TPSA) is 59.8 Å². The number of carbonyl (C=O) groups is 1. The fourth-order valence-electron chi connectivity index (χ4n) is 3.01. The van der Waals surface area contributed by atoms with E-state index in [0.29, 0.717) is 12.8 Å².